The Bertz CT molecular complexity index is 526. The molecule has 19 heavy (non-hydrogen) atoms. The van der Waals surface area contributed by atoms with Gasteiger partial charge in [-0.3, -0.25) is 9.59 Å². The zero-order valence-corrected chi connectivity index (χ0v) is 11.2. The van der Waals surface area contributed by atoms with Crippen LogP contribution in [0.4, 0.5) is 5.00 Å². The van der Waals surface area contributed by atoms with Crippen molar-refractivity contribution in [3.63, 3.8) is 0 Å². The summed E-state index contributed by atoms with van der Waals surface area (Å²) in [7, 11) is 0. The molecule has 1 saturated heterocycles. The van der Waals surface area contributed by atoms with Crippen LogP contribution < -0.4 is 5.32 Å². The van der Waals surface area contributed by atoms with Crippen molar-refractivity contribution in [3.05, 3.63) is 17.0 Å². The number of thiophene rings is 1. The van der Waals surface area contributed by atoms with E-state index in [2.05, 4.69) is 5.32 Å². The zero-order chi connectivity index (χ0) is 14.0. The molecule has 1 aromatic heterocycles. The van der Waals surface area contributed by atoms with Crippen LogP contribution in [0.2, 0.25) is 0 Å². The standard InChI is InChI=1S/C12H14N2O4S/c1-7(15)13-10-5-4-9(19-10)11(16)14-6-2-3-8(14)12(17)18/h4-5,8H,2-3,6H2,1H3,(H,13,15)(H,17,18). The van der Waals surface area contributed by atoms with Gasteiger partial charge < -0.3 is 15.3 Å². The summed E-state index contributed by atoms with van der Waals surface area (Å²) in [5.74, 6) is -1.46. The molecule has 0 bridgehead atoms. The molecule has 2 rings (SSSR count). The van der Waals surface area contributed by atoms with Crippen molar-refractivity contribution in [1.29, 1.82) is 0 Å². The molecule has 0 radical (unpaired) electrons. The molecule has 6 nitrogen and oxygen atoms in total. The highest BCUT2D eigenvalue weighted by Gasteiger charge is 2.34. The number of carbonyl (C=O) groups excluding carboxylic acids is 2. The van der Waals surface area contributed by atoms with Crippen LogP contribution >= 0.6 is 11.3 Å². The molecule has 1 unspecified atom stereocenters. The molecule has 0 spiro atoms. The zero-order valence-electron chi connectivity index (χ0n) is 10.4. The second-order valence-corrected chi connectivity index (χ2v) is 5.42. The fourth-order valence-corrected chi connectivity index (χ4v) is 3.01. The highest BCUT2D eigenvalue weighted by molar-refractivity contribution is 7.18. The van der Waals surface area contributed by atoms with Crippen LogP contribution in [0.5, 0.6) is 0 Å². The molecule has 1 aromatic rings. The first-order chi connectivity index (χ1) is 8.99. The minimum atomic E-state index is -0.968. The number of likely N-dealkylation sites (tertiary alicyclic amines) is 1. The highest BCUT2D eigenvalue weighted by Crippen LogP contribution is 2.26. The molecule has 1 aliphatic rings. The molecule has 1 atom stereocenters. The van der Waals surface area contributed by atoms with Crippen molar-refractivity contribution in [2.24, 2.45) is 0 Å². The van der Waals surface area contributed by atoms with E-state index < -0.39 is 12.0 Å². The van der Waals surface area contributed by atoms with E-state index in [0.29, 0.717) is 29.3 Å². The number of aliphatic carboxylic acids is 1. The molecule has 2 heterocycles. The normalized spacial score (nSPS) is 18.4. The molecule has 2 N–H and O–H groups in total. The lowest BCUT2D eigenvalue weighted by molar-refractivity contribution is -0.141. The smallest absolute Gasteiger partial charge is 0.326 e. The Hall–Kier alpha value is -1.89. The van der Waals surface area contributed by atoms with Crippen LogP contribution in [-0.2, 0) is 9.59 Å². The summed E-state index contributed by atoms with van der Waals surface area (Å²) in [6, 6.07) is 2.51. The fraction of sp³-hybridized carbons (Fsp3) is 0.417. The number of hydrogen-bond donors (Lipinski definition) is 2. The second kappa shape index (κ2) is 5.40. The van der Waals surface area contributed by atoms with Gasteiger partial charge in [-0.25, -0.2) is 4.79 Å². The predicted octanol–water partition coefficient (Wildman–Crippen LogP) is 1.40. The first-order valence-corrected chi connectivity index (χ1v) is 6.72. The number of hydrogen-bond acceptors (Lipinski definition) is 4. The van der Waals surface area contributed by atoms with Crippen molar-refractivity contribution in [1.82, 2.24) is 4.90 Å². The largest absolute Gasteiger partial charge is 0.480 e. The maximum Gasteiger partial charge on any atom is 0.326 e. The topological polar surface area (TPSA) is 86.7 Å². The Morgan fingerprint density at radius 3 is 2.79 bits per heavy atom. The maximum atomic E-state index is 12.2. The molecule has 0 aliphatic carbocycles. The van der Waals surface area contributed by atoms with Gasteiger partial charge in [0.15, 0.2) is 0 Å². The summed E-state index contributed by atoms with van der Waals surface area (Å²) in [5.41, 5.74) is 0. The SMILES string of the molecule is CC(=O)Nc1ccc(C(=O)N2CCCC2C(=O)O)s1. The summed E-state index contributed by atoms with van der Waals surface area (Å²) >= 11 is 1.15. The molecule has 0 saturated carbocycles. The first-order valence-electron chi connectivity index (χ1n) is 5.90. The van der Waals surface area contributed by atoms with Gasteiger partial charge in [0.25, 0.3) is 5.91 Å². The third-order valence-corrected chi connectivity index (χ3v) is 3.90. The third-order valence-electron chi connectivity index (χ3n) is 2.91. The first kappa shape index (κ1) is 13.5. The number of nitrogens with zero attached hydrogens (tertiary/aromatic N) is 1. The highest BCUT2D eigenvalue weighted by atomic mass is 32.1. The van der Waals surface area contributed by atoms with E-state index in [1.165, 1.54) is 11.8 Å². The monoisotopic (exact) mass is 282 g/mol. The molecular formula is C12H14N2O4S. The Morgan fingerprint density at radius 1 is 1.42 bits per heavy atom. The van der Waals surface area contributed by atoms with Crippen molar-refractivity contribution in [2.45, 2.75) is 25.8 Å². The number of rotatable bonds is 3. The van der Waals surface area contributed by atoms with Crippen LogP contribution in [-0.4, -0.2) is 40.4 Å². The molecule has 7 heteroatoms. The van der Waals surface area contributed by atoms with Gasteiger partial charge in [0.2, 0.25) is 5.91 Å². The Morgan fingerprint density at radius 2 is 2.16 bits per heavy atom. The summed E-state index contributed by atoms with van der Waals surface area (Å²) < 4.78 is 0. The van der Waals surface area contributed by atoms with E-state index in [1.54, 1.807) is 12.1 Å². The number of carbonyl (C=O) groups is 3. The van der Waals surface area contributed by atoms with Gasteiger partial charge in [0.05, 0.1) is 9.88 Å². The van der Waals surface area contributed by atoms with Crippen LogP contribution in [0.15, 0.2) is 12.1 Å². The van der Waals surface area contributed by atoms with Crippen molar-refractivity contribution in [2.75, 3.05) is 11.9 Å². The Balaban J connectivity index is 2.13. The number of nitrogens with one attached hydrogen (secondary N) is 1. The summed E-state index contributed by atoms with van der Waals surface area (Å²) in [6.45, 7) is 1.85. The van der Waals surface area contributed by atoms with E-state index in [-0.39, 0.29) is 11.8 Å². The minimum absolute atomic E-state index is 0.203. The molecule has 0 aromatic carbocycles. The van der Waals surface area contributed by atoms with E-state index in [1.807, 2.05) is 0 Å². The summed E-state index contributed by atoms with van der Waals surface area (Å²) in [6.07, 6.45) is 1.19. The van der Waals surface area contributed by atoms with Gasteiger partial charge >= 0.3 is 5.97 Å². The van der Waals surface area contributed by atoms with Crippen molar-refractivity contribution < 1.29 is 19.5 Å². The molecule has 2 amide bonds. The average molecular weight is 282 g/mol. The molecule has 102 valence electrons. The lowest BCUT2D eigenvalue weighted by Crippen LogP contribution is -2.40. The van der Waals surface area contributed by atoms with Gasteiger partial charge in [-0.15, -0.1) is 11.3 Å². The Labute approximate surface area is 114 Å². The third kappa shape index (κ3) is 2.93. The quantitative estimate of drug-likeness (QED) is 0.877. The number of anilines is 1. The van der Waals surface area contributed by atoms with Crippen LogP contribution in [0, 0.1) is 0 Å². The van der Waals surface area contributed by atoms with Crippen LogP contribution in [0.1, 0.15) is 29.4 Å². The molecular weight excluding hydrogens is 268 g/mol. The van der Waals surface area contributed by atoms with Crippen molar-refractivity contribution >= 4 is 34.1 Å². The maximum absolute atomic E-state index is 12.2. The lowest BCUT2D eigenvalue weighted by atomic mass is 10.2. The number of carboxylic acids is 1. The van der Waals surface area contributed by atoms with Gasteiger partial charge in [-0.1, -0.05) is 0 Å². The van der Waals surface area contributed by atoms with E-state index in [0.717, 1.165) is 11.3 Å². The average Bonchev–Trinajstić information content (AvgIpc) is 2.94. The molecule has 1 aliphatic heterocycles. The van der Waals surface area contributed by atoms with Gasteiger partial charge in [0, 0.05) is 13.5 Å². The van der Waals surface area contributed by atoms with E-state index in [4.69, 9.17) is 5.11 Å². The lowest BCUT2D eigenvalue weighted by Gasteiger charge is -2.20. The number of amides is 2. The van der Waals surface area contributed by atoms with E-state index >= 15 is 0 Å². The van der Waals surface area contributed by atoms with Gasteiger partial charge in [-0.05, 0) is 25.0 Å². The van der Waals surface area contributed by atoms with Crippen molar-refractivity contribution in [3.8, 4) is 0 Å². The Kier molecular flexibility index (Phi) is 3.84. The van der Waals surface area contributed by atoms with Gasteiger partial charge in [0.1, 0.15) is 6.04 Å². The fourth-order valence-electron chi connectivity index (χ4n) is 2.10. The molecule has 1 fully saturated rings. The summed E-state index contributed by atoms with van der Waals surface area (Å²) in [5, 5.41) is 12.2. The predicted molar refractivity (Wildman–Crippen MR) is 70.3 cm³/mol. The van der Waals surface area contributed by atoms with Gasteiger partial charge in [-0.2, -0.15) is 0 Å². The van der Waals surface area contributed by atoms with E-state index in [9.17, 15) is 14.4 Å². The minimum Gasteiger partial charge on any atom is -0.480 e. The summed E-state index contributed by atoms with van der Waals surface area (Å²) in [4.78, 5) is 36.0. The second-order valence-electron chi connectivity index (χ2n) is 4.34. The van der Waals surface area contributed by atoms with Crippen LogP contribution in [0.3, 0.4) is 0 Å². The number of carboxylic acid groups (broad SMARTS) is 1. The van der Waals surface area contributed by atoms with Crippen LogP contribution in [0.25, 0.3) is 0 Å².